The molecule has 0 radical (unpaired) electrons. The highest BCUT2D eigenvalue weighted by atomic mass is 16.5. The van der Waals surface area contributed by atoms with E-state index in [-0.39, 0.29) is 5.41 Å². The molecular weight excluding hydrogens is 222 g/mol. The summed E-state index contributed by atoms with van der Waals surface area (Å²) in [6, 6.07) is 4.58. The van der Waals surface area contributed by atoms with Gasteiger partial charge in [-0.1, -0.05) is 26.0 Å². The summed E-state index contributed by atoms with van der Waals surface area (Å²) in [5, 5.41) is 3.35. The second-order valence-corrected chi connectivity index (χ2v) is 5.16. The standard InChI is InChI=1S/C16H27NO/c1-7-16(8-2,11-17-5)14-9-12(3)15(18-6)13(4)10-14/h9-10,17H,7-8,11H2,1-6H3. The molecule has 0 fully saturated rings. The molecule has 0 spiro atoms. The van der Waals surface area contributed by atoms with Crippen LogP contribution in [0.25, 0.3) is 0 Å². The van der Waals surface area contributed by atoms with Crippen molar-refractivity contribution < 1.29 is 4.74 Å². The van der Waals surface area contributed by atoms with Crippen LogP contribution in [0.2, 0.25) is 0 Å². The van der Waals surface area contributed by atoms with Gasteiger partial charge in [0.15, 0.2) is 0 Å². The molecule has 0 amide bonds. The van der Waals surface area contributed by atoms with Crippen molar-refractivity contribution >= 4 is 0 Å². The van der Waals surface area contributed by atoms with Gasteiger partial charge in [0.05, 0.1) is 7.11 Å². The predicted molar refractivity (Wildman–Crippen MR) is 78.7 cm³/mol. The number of rotatable bonds is 6. The van der Waals surface area contributed by atoms with Gasteiger partial charge in [-0.2, -0.15) is 0 Å². The largest absolute Gasteiger partial charge is 0.496 e. The molecule has 0 bridgehead atoms. The number of hydrogen-bond donors (Lipinski definition) is 1. The molecule has 0 aromatic heterocycles. The minimum Gasteiger partial charge on any atom is -0.496 e. The molecule has 0 aliphatic carbocycles. The number of likely N-dealkylation sites (N-methyl/N-ethyl adjacent to an activating group) is 1. The molecule has 0 saturated heterocycles. The molecule has 0 aliphatic heterocycles. The van der Waals surface area contributed by atoms with Gasteiger partial charge >= 0.3 is 0 Å². The third-order valence-electron chi connectivity index (χ3n) is 4.15. The maximum absolute atomic E-state index is 5.46. The molecule has 2 nitrogen and oxygen atoms in total. The first-order chi connectivity index (χ1) is 8.54. The van der Waals surface area contributed by atoms with Crippen molar-refractivity contribution in [1.82, 2.24) is 5.32 Å². The van der Waals surface area contributed by atoms with Gasteiger partial charge in [0.1, 0.15) is 5.75 Å². The van der Waals surface area contributed by atoms with Gasteiger partial charge in [0.2, 0.25) is 0 Å². The molecule has 2 heteroatoms. The van der Waals surface area contributed by atoms with Crippen LogP contribution in [0.3, 0.4) is 0 Å². The first-order valence-electron chi connectivity index (χ1n) is 6.85. The Balaban J connectivity index is 3.30. The van der Waals surface area contributed by atoms with E-state index in [1.54, 1.807) is 7.11 Å². The summed E-state index contributed by atoms with van der Waals surface area (Å²) >= 11 is 0. The van der Waals surface area contributed by atoms with Crippen LogP contribution in [0, 0.1) is 13.8 Å². The topological polar surface area (TPSA) is 21.3 Å². The van der Waals surface area contributed by atoms with Gasteiger partial charge in [-0.25, -0.2) is 0 Å². The molecule has 18 heavy (non-hydrogen) atoms. The number of methoxy groups -OCH3 is 1. The Hall–Kier alpha value is -1.02. The molecule has 0 atom stereocenters. The maximum Gasteiger partial charge on any atom is 0.124 e. The van der Waals surface area contributed by atoms with Crippen LogP contribution in [-0.2, 0) is 5.41 Å². The minimum absolute atomic E-state index is 0.233. The van der Waals surface area contributed by atoms with Crippen LogP contribution in [0.5, 0.6) is 5.75 Å². The highest BCUT2D eigenvalue weighted by Gasteiger charge is 2.28. The molecule has 0 unspecified atom stereocenters. The summed E-state index contributed by atoms with van der Waals surface area (Å²) in [6.45, 7) is 9.83. The summed E-state index contributed by atoms with van der Waals surface area (Å²) in [4.78, 5) is 0. The Labute approximate surface area is 112 Å². The van der Waals surface area contributed by atoms with Crippen molar-refractivity contribution in [3.8, 4) is 5.75 Å². The van der Waals surface area contributed by atoms with Gasteiger partial charge in [-0.3, -0.25) is 0 Å². The fourth-order valence-electron chi connectivity index (χ4n) is 2.93. The first kappa shape index (κ1) is 15.0. The summed E-state index contributed by atoms with van der Waals surface area (Å²) in [5.41, 5.74) is 4.12. The molecular formula is C16H27NO. The Bertz CT molecular complexity index is 371. The summed E-state index contributed by atoms with van der Waals surface area (Å²) < 4.78 is 5.46. The van der Waals surface area contributed by atoms with E-state index < -0.39 is 0 Å². The van der Waals surface area contributed by atoms with E-state index in [2.05, 4.69) is 45.1 Å². The molecule has 102 valence electrons. The second kappa shape index (κ2) is 6.24. The molecule has 1 N–H and O–H groups in total. The van der Waals surface area contributed by atoms with E-state index in [9.17, 15) is 0 Å². The molecule has 0 aliphatic rings. The zero-order chi connectivity index (χ0) is 13.8. The minimum atomic E-state index is 0.233. The first-order valence-corrected chi connectivity index (χ1v) is 6.85. The fourth-order valence-corrected chi connectivity index (χ4v) is 2.93. The van der Waals surface area contributed by atoms with E-state index in [1.807, 2.05) is 7.05 Å². The Kier molecular flexibility index (Phi) is 5.21. The lowest BCUT2D eigenvalue weighted by atomic mass is 9.75. The lowest BCUT2D eigenvalue weighted by Gasteiger charge is -2.33. The van der Waals surface area contributed by atoms with Crippen molar-refractivity contribution in [3.05, 3.63) is 28.8 Å². The predicted octanol–water partition coefficient (Wildman–Crippen LogP) is 3.59. The zero-order valence-corrected chi connectivity index (χ0v) is 12.7. The van der Waals surface area contributed by atoms with Crippen molar-refractivity contribution in [2.75, 3.05) is 20.7 Å². The number of nitrogens with one attached hydrogen (secondary N) is 1. The van der Waals surface area contributed by atoms with E-state index in [0.29, 0.717) is 0 Å². The lowest BCUT2D eigenvalue weighted by molar-refractivity contribution is 0.377. The van der Waals surface area contributed by atoms with E-state index >= 15 is 0 Å². The van der Waals surface area contributed by atoms with E-state index in [0.717, 1.165) is 25.1 Å². The smallest absolute Gasteiger partial charge is 0.124 e. The Morgan fingerprint density at radius 2 is 1.61 bits per heavy atom. The molecule has 1 rings (SSSR count). The molecule has 0 saturated carbocycles. The van der Waals surface area contributed by atoms with Crippen LogP contribution in [0.4, 0.5) is 0 Å². The average Bonchev–Trinajstić information content (AvgIpc) is 2.35. The van der Waals surface area contributed by atoms with E-state index in [4.69, 9.17) is 4.74 Å². The van der Waals surface area contributed by atoms with Gasteiger partial charge in [-0.05, 0) is 50.4 Å². The fraction of sp³-hybridized carbons (Fsp3) is 0.625. The van der Waals surface area contributed by atoms with E-state index in [1.165, 1.54) is 16.7 Å². The summed E-state index contributed by atoms with van der Waals surface area (Å²) in [5.74, 6) is 1.02. The Morgan fingerprint density at radius 3 is 1.94 bits per heavy atom. The normalized spacial score (nSPS) is 11.7. The number of aryl methyl sites for hydroxylation is 2. The monoisotopic (exact) mass is 249 g/mol. The number of benzene rings is 1. The van der Waals surface area contributed by atoms with Crippen LogP contribution < -0.4 is 10.1 Å². The number of hydrogen-bond acceptors (Lipinski definition) is 2. The highest BCUT2D eigenvalue weighted by Crippen LogP contribution is 2.35. The van der Waals surface area contributed by atoms with Crippen LogP contribution in [0.1, 0.15) is 43.4 Å². The highest BCUT2D eigenvalue weighted by molar-refractivity contribution is 5.45. The molecule has 1 aromatic rings. The lowest BCUT2D eigenvalue weighted by Crippen LogP contribution is -2.35. The quantitative estimate of drug-likeness (QED) is 0.832. The van der Waals surface area contributed by atoms with Gasteiger partial charge in [-0.15, -0.1) is 0 Å². The summed E-state index contributed by atoms with van der Waals surface area (Å²) in [6.07, 6.45) is 2.30. The van der Waals surface area contributed by atoms with Crippen molar-refractivity contribution in [2.24, 2.45) is 0 Å². The van der Waals surface area contributed by atoms with Crippen molar-refractivity contribution in [3.63, 3.8) is 0 Å². The van der Waals surface area contributed by atoms with Gasteiger partial charge in [0, 0.05) is 12.0 Å². The van der Waals surface area contributed by atoms with Crippen LogP contribution in [0.15, 0.2) is 12.1 Å². The Morgan fingerprint density at radius 1 is 1.11 bits per heavy atom. The third kappa shape index (κ3) is 2.69. The van der Waals surface area contributed by atoms with Crippen LogP contribution >= 0.6 is 0 Å². The SMILES string of the molecule is CCC(CC)(CNC)c1cc(C)c(OC)c(C)c1. The van der Waals surface area contributed by atoms with Gasteiger partial charge in [0.25, 0.3) is 0 Å². The van der Waals surface area contributed by atoms with Crippen molar-refractivity contribution in [2.45, 2.75) is 46.0 Å². The number of ether oxygens (including phenoxy) is 1. The van der Waals surface area contributed by atoms with Gasteiger partial charge < -0.3 is 10.1 Å². The molecule has 0 heterocycles. The zero-order valence-electron chi connectivity index (χ0n) is 12.7. The average molecular weight is 249 g/mol. The molecule has 1 aromatic carbocycles. The van der Waals surface area contributed by atoms with Crippen molar-refractivity contribution in [1.29, 1.82) is 0 Å². The second-order valence-electron chi connectivity index (χ2n) is 5.16. The van der Waals surface area contributed by atoms with Crippen LogP contribution in [-0.4, -0.2) is 20.7 Å². The maximum atomic E-state index is 5.46. The third-order valence-corrected chi connectivity index (χ3v) is 4.15. The summed E-state index contributed by atoms with van der Waals surface area (Å²) in [7, 11) is 3.78.